The average molecular weight is 270 g/mol. The van der Waals surface area contributed by atoms with Crippen LogP contribution in [0.5, 0.6) is 0 Å². The average Bonchev–Trinajstić information content (AvgIpc) is 2.76. The smallest absolute Gasteiger partial charge is 0.286 e. The highest BCUT2D eigenvalue weighted by Crippen LogP contribution is 2.17. The van der Waals surface area contributed by atoms with Gasteiger partial charge in [0.2, 0.25) is 9.47 Å². The van der Waals surface area contributed by atoms with Gasteiger partial charge in [-0.15, -0.1) is 10.2 Å². The Morgan fingerprint density at radius 2 is 2.29 bits per heavy atom. The maximum Gasteiger partial charge on any atom is 0.286 e. The number of hydrogen-bond donors (Lipinski definition) is 2. The molecule has 88 valence electrons. The van der Waals surface area contributed by atoms with Crippen molar-refractivity contribution in [2.75, 3.05) is 5.32 Å². The highest BCUT2D eigenvalue weighted by Gasteiger charge is 2.12. The van der Waals surface area contributed by atoms with Crippen molar-refractivity contribution in [1.29, 1.82) is 0 Å². The molecule has 0 spiro atoms. The van der Waals surface area contributed by atoms with Gasteiger partial charge in [0, 0.05) is 5.69 Å². The van der Waals surface area contributed by atoms with Gasteiger partial charge in [-0.1, -0.05) is 23.5 Å². The second-order valence-corrected chi connectivity index (χ2v) is 4.73. The lowest BCUT2D eigenvalue weighted by molar-refractivity contribution is 0.102. The first-order valence-electron chi connectivity index (χ1n) is 4.69. The fourth-order valence-electron chi connectivity index (χ4n) is 1.23. The van der Waals surface area contributed by atoms with Crippen LogP contribution in [-0.2, 0) is 6.61 Å². The standard InChI is InChI=1S/C10H8ClN3O2S/c11-10-14-13-9(17-10)8(16)12-7-3-1-2-6(4-7)5-15/h1-4,15H,5H2,(H,12,16). The summed E-state index contributed by atoms with van der Waals surface area (Å²) in [5.41, 5.74) is 1.31. The fraction of sp³-hybridized carbons (Fsp3) is 0.100. The number of carbonyl (C=O) groups excluding carboxylic acids is 1. The minimum absolute atomic E-state index is 0.0751. The van der Waals surface area contributed by atoms with Crippen molar-refractivity contribution in [2.45, 2.75) is 6.61 Å². The van der Waals surface area contributed by atoms with Gasteiger partial charge in [0.1, 0.15) is 0 Å². The van der Waals surface area contributed by atoms with Gasteiger partial charge < -0.3 is 10.4 Å². The van der Waals surface area contributed by atoms with E-state index in [0.29, 0.717) is 5.69 Å². The molecule has 2 rings (SSSR count). The second-order valence-electron chi connectivity index (χ2n) is 3.17. The van der Waals surface area contributed by atoms with Crippen LogP contribution in [0.15, 0.2) is 24.3 Å². The van der Waals surface area contributed by atoms with Crippen LogP contribution >= 0.6 is 22.9 Å². The van der Waals surface area contributed by atoms with Gasteiger partial charge in [0.15, 0.2) is 0 Å². The molecule has 7 heteroatoms. The highest BCUT2D eigenvalue weighted by molar-refractivity contribution is 7.17. The summed E-state index contributed by atoms with van der Waals surface area (Å²) < 4.78 is 0.222. The van der Waals surface area contributed by atoms with Gasteiger partial charge >= 0.3 is 0 Å². The van der Waals surface area contributed by atoms with E-state index in [4.69, 9.17) is 16.7 Å². The number of nitrogens with one attached hydrogen (secondary N) is 1. The molecule has 0 saturated heterocycles. The Morgan fingerprint density at radius 3 is 2.94 bits per heavy atom. The first kappa shape index (κ1) is 12.0. The summed E-state index contributed by atoms with van der Waals surface area (Å²) in [7, 11) is 0. The summed E-state index contributed by atoms with van der Waals surface area (Å²) in [6.45, 7) is -0.0751. The molecule has 0 fully saturated rings. The number of carbonyl (C=O) groups is 1. The molecule has 1 amide bonds. The van der Waals surface area contributed by atoms with Crippen molar-refractivity contribution >= 4 is 34.5 Å². The molecule has 0 bridgehead atoms. The number of aromatic nitrogens is 2. The molecule has 0 radical (unpaired) electrons. The van der Waals surface area contributed by atoms with Crippen molar-refractivity contribution in [3.8, 4) is 0 Å². The summed E-state index contributed by atoms with van der Waals surface area (Å²) in [5.74, 6) is -0.371. The summed E-state index contributed by atoms with van der Waals surface area (Å²) >= 11 is 6.59. The van der Waals surface area contributed by atoms with E-state index in [1.54, 1.807) is 24.3 Å². The quantitative estimate of drug-likeness (QED) is 0.893. The van der Waals surface area contributed by atoms with Gasteiger partial charge in [-0.25, -0.2) is 0 Å². The summed E-state index contributed by atoms with van der Waals surface area (Å²) in [5, 5.41) is 19.0. The molecule has 5 nitrogen and oxygen atoms in total. The van der Waals surface area contributed by atoms with Crippen LogP contribution in [0.25, 0.3) is 0 Å². The van der Waals surface area contributed by atoms with E-state index in [0.717, 1.165) is 16.9 Å². The Labute approximate surface area is 106 Å². The van der Waals surface area contributed by atoms with Crippen LogP contribution in [0.1, 0.15) is 15.4 Å². The zero-order valence-corrected chi connectivity index (χ0v) is 10.1. The monoisotopic (exact) mass is 269 g/mol. The number of hydrogen-bond acceptors (Lipinski definition) is 5. The topological polar surface area (TPSA) is 75.1 Å². The SMILES string of the molecule is O=C(Nc1cccc(CO)c1)c1nnc(Cl)s1. The zero-order chi connectivity index (χ0) is 12.3. The molecule has 2 aromatic rings. The third-order valence-corrected chi connectivity index (χ3v) is 2.98. The second kappa shape index (κ2) is 5.22. The van der Waals surface area contributed by atoms with Crippen LogP contribution in [0.3, 0.4) is 0 Å². The van der Waals surface area contributed by atoms with Gasteiger partial charge in [0.25, 0.3) is 5.91 Å². The largest absolute Gasteiger partial charge is 0.392 e. The van der Waals surface area contributed by atoms with Gasteiger partial charge in [-0.3, -0.25) is 4.79 Å². The molecule has 0 aliphatic rings. The molecule has 0 unspecified atom stereocenters. The zero-order valence-electron chi connectivity index (χ0n) is 8.55. The van der Waals surface area contributed by atoms with Crippen molar-refractivity contribution in [3.63, 3.8) is 0 Å². The van der Waals surface area contributed by atoms with Gasteiger partial charge in [0.05, 0.1) is 6.61 Å². The van der Waals surface area contributed by atoms with E-state index < -0.39 is 0 Å². The van der Waals surface area contributed by atoms with E-state index in [1.807, 2.05) is 0 Å². The maximum atomic E-state index is 11.7. The van der Waals surface area contributed by atoms with Crippen molar-refractivity contribution < 1.29 is 9.90 Å². The third-order valence-electron chi connectivity index (χ3n) is 1.96. The number of aliphatic hydroxyl groups excluding tert-OH is 1. The molecule has 1 aromatic heterocycles. The summed E-state index contributed by atoms with van der Waals surface area (Å²) in [6.07, 6.45) is 0. The van der Waals surface area contributed by atoms with E-state index in [1.165, 1.54) is 0 Å². The predicted molar refractivity (Wildman–Crippen MR) is 65.2 cm³/mol. The lowest BCUT2D eigenvalue weighted by Gasteiger charge is -2.03. The summed E-state index contributed by atoms with van der Waals surface area (Å²) in [4.78, 5) is 11.7. The van der Waals surface area contributed by atoms with Gasteiger partial charge in [-0.05, 0) is 29.3 Å². The fourth-order valence-corrected chi connectivity index (χ4v) is 1.95. The first-order chi connectivity index (χ1) is 8.19. The number of rotatable bonds is 3. The normalized spacial score (nSPS) is 10.2. The van der Waals surface area contributed by atoms with Crippen molar-refractivity contribution in [2.24, 2.45) is 0 Å². The minimum Gasteiger partial charge on any atom is -0.392 e. The van der Waals surface area contributed by atoms with Crippen LogP contribution in [-0.4, -0.2) is 21.2 Å². The Hall–Kier alpha value is -1.50. The third kappa shape index (κ3) is 3.00. The van der Waals surface area contributed by atoms with Crippen LogP contribution < -0.4 is 5.32 Å². The van der Waals surface area contributed by atoms with Crippen LogP contribution in [0.2, 0.25) is 4.47 Å². The van der Waals surface area contributed by atoms with Crippen molar-refractivity contribution in [3.05, 3.63) is 39.3 Å². The Balaban J connectivity index is 2.12. The number of halogens is 1. The van der Waals surface area contributed by atoms with Crippen molar-refractivity contribution in [1.82, 2.24) is 10.2 Å². The van der Waals surface area contributed by atoms with Crippen LogP contribution in [0.4, 0.5) is 5.69 Å². The first-order valence-corrected chi connectivity index (χ1v) is 5.88. The van der Waals surface area contributed by atoms with E-state index in [9.17, 15) is 4.79 Å². The molecular formula is C10H8ClN3O2S. The molecular weight excluding hydrogens is 262 g/mol. The summed E-state index contributed by atoms with van der Waals surface area (Å²) in [6, 6.07) is 6.91. The number of benzene rings is 1. The predicted octanol–water partition coefficient (Wildman–Crippen LogP) is 1.94. The van der Waals surface area contributed by atoms with E-state index >= 15 is 0 Å². The maximum absolute atomic E-state index is 11.7. The number of amides is 1. The Morgan fingerprint density at radius 1 is 1.47 bits per heavy atom. The highest BCUT2D eigenvalue weighted by atomic mass is 35.5. The van der Waals surface area contributed by atoms with Crippen LogP contribution in [0, 0.1) is 0 Å². The molecule has 0 saturated carbocycles. The van der Waals surface area contributed by atoms with E-state index in [2.05, 4.69) is 15.5 Å². The molecule has 2 N–H and O–H groups in total. The number of aliphatic hydroxyl groups is 1. The number of anilines is 1. The minimum atomic E-state index is -0.371. The number of nitrogens with zero attached hydrogens (tertiary/aromatic N) is 2. The molecule has 0 atom stereocenters. The molecule has 0 aliphatic heterocycles. The van der Waals surface area contributed by atoms with Gasteiger partial charge in [-0.2, -0.15) is 0 Å². The lowest BCUT2D eigenvalue weighted by atomic mass is 10.2. The van der Waals surface area contributed by atoms with E-state index in [-0.39, 0.29) is 22.0 Å². The lowest BCUT2D eigenvalue weighted by Crippen LogP contribution is -2.11. The Kier molecular flexibility index (Phi) is 3.68. The Bertz CT molecular complexity index is 544. The molecule has 17 heavy (non-hydrogen) atoms. The molecule has 0 aliphatic carbocycles. The molecule has 1 aromatic carbocycles. The molecule has 1 heterocycles.